The maximum Gasteiger partial charge on any atom is 0.340 e. The monoisotopic (exact) mass is 532 g/mol. The first-order chi connectivity index (χ1) is 14.2. The molecule has 0 aliphatic carbocycles. The number of likely N-dealkylation sites (N-methyl/N-ethyl adjacent to an activating group) is 1. The summed E-state index contributed by atoms with van der Waals surface area (Å²) in [5.41, 5.74) is 9.60. The Morgan fingerprint density at radius 3 is 2.58 bits per heavy atom. The summed E-state index contributed by atoms with van der Waals surface area (Å²) >= 11 is 0. The zero-order valence-electron chi connectivity index (χ0n) is 19.5. The van der Waals surface area contributed by atoms with Crippen molar-refractivity contribution in [2.75, 3.05) is 20.2 Å². The summed E-state index contributed by atoms with van der Waals surface area (Å²) in [4.78, 5) is 12.9. The Hall–Kier alpha value is -1.86. The Morgan fingerprint density at radius 2 is 1.87 bits per heavy atom. The van der Waals surface area contributed by atoms with E-state index in [9.17, 15) is 4.79 Å². The van der Waals surface area contributed by atoms with Gasteiger partial charge in [0.2, 0.25) is 0 Å². The van der Waals surface area contributed by atoms with E-state index in [4.69, 9.17) is 4.74 Å². The summed E-state index contributed by atoms with van der Waals surface area (Å²) in [6.07, 6.45) is 1.10. The first kappa shape index (κ1) is 23.8. The minimum absolute atomic E-state index is 0. The fraction of sp³-hybridized carbons (Fsp3) is 0.423. The largest absolute Gasteiger partial charge is 1.00 e. The molecule has 4 nitrogen and oxygen atoms in total. The number of carbonyl (C=O) groups excluding carboxylic acids is 1. The molecular formula is C26H33IN2O2. The third-order valence-corrected chi connectivity index (χ3v) is 6.86. The summed E-state index contributed by atoms with van der Waals surface area (Å²) in [5.74, 6) is -0.213. The number of aryl methyl sites for hydroxylation is 3. The number of aromatic nitrogens is 1. The van der Waals surface area contributed by atoms with Gasteiger partial charge in [-0.25, -0.2) is 4.79 Å². The number of fused-ring (bicyclic) bond motifs is 2. The van der Waals surface area contributed by atoms with Gasteiger partial charge in [0.15, 0.2) is 0 Å². The molecule has 0 amide bonds. The summed E-state index contributed by atoms with van der Waals surface area (Å²) in [6, 6.07) is 11.2. The molecule has 0 radical (unpaired) electrons. The van der Waals surface area contributed by atoms with Crippen molar-refractivity contribution in [1.29, 1.82) is 0 Å². The molecule has 166 valence electrons. The Labute approximate surface area is 202 Å². The second-order valence-electron chi connectivity index (χ2n) is 9.18. The highest BCUT2D eigenvalue weighted by atomic mass is 127. The van der Waals surface area contributed by atoms with E-state index < -0.39 is 0 Å². The van der Waals surface area contributed by atoms with Crippen molar-refractivity contribution in [3.8, 4) is 0 Å². The van der Waals surface area contributed by atoms with Crippen LogP contribution in [0.25, 0.3) is 10.9 Å². The van der Waals surface area contributed by atoms with Gasteiger partial charge in [-0.3, -0.25) is 0 Å². The van der Waals surface area contributed by atoms with Crippen molar-refractivity contribution in [2.45, 2.75) is 47.2 Å². The van der Waals surface area contributed by atoms with Crippen LogP contribution in [-0.4, -0.2) is 35.2 Å². The number of halogens is 1. The standard InChI is InChI=1S/C26H33N2O2.HI/c1-7-30-26(29)24-19(4)27(5)23-11-9-18(3)22(25(23)24)16-28(6)13-12-20-14-17(2)8-10-21(20)15-28;/h8-11,14H,7,12-13,15-16H2,1-6H3;1H/q+1;/p-1. The van der Waals surface area contributed by atoms with Gasteiger partial charge in [-0.1, -0.05) is 29.8 Å². The van der Waals surface area contributed by atoms with E-state index in [0.29, 0.717) is 6.61 Å². The van der Waals surface area contributed by atoms with E-state index in [1.807, 2.05) is 20.9 Å². The van der Waals surface area contributed by atoms with E-state index >= 15 is 0 Å². The second kappa shape index (κ2) is 8.94. The lowest BCUT2D eigenvalue weighted by Gasteiger charge is -2.39. The lowest BCUT2D eigenvalue weighted by molar-refractivity contribution is -0.937. The topological polar surface area (TPSA) is 31.2 Å². The minimum Gasteiger partial charge on any atom is -1.00 e. The van der Waals surface area contributed by atoms with Crippen molar-refractivity contribution in [2.24, 2.45) is 7.05 Å². The van der Waals surface area contributed by atoms with Crippen LogP contribution >= 0.6 is 0 Å². The summed E-state index contributed by atoms with van der Waals surface area (Å²) in [7, 11) is 4.39. The van der Waals surface area contributed by atoms with Gasteiger partial charge in [-0.2, -0.15) is 0 Å². The quantitative estimate of drug-likeness (QED) is 0.293. The van der Waals surface area contributed by atoms with Crippen LogP contribution in [0, 0.1) is 20.8 Å². The van der Waals surface area contributed by atoms with Crippen LogP contribution in [0.3, 0.4) is 0 Å². The van der Waals surface area contributed by atoms with E-state index in [1.54, 1.807) is 0 Å². The van der Waals surface area contributed by atoms with E-state index in [-0.39, 0.29) is 29.9 Å². The first-order valence-electron chi connectivity index (χ1n) is 10.9. The molecule has 2 heterocycles. The number of rotatable bonds is 4. The average molecular weight is 532 g/mol. The molecule has 1 unspecified atom stereocenters. The smallest absolute Gasteiger partial charge is 0.340 e. The van der Waals surface area contributed by atoms with Crippen LogP contribution < -0.4 is 24.0 Å². The lowest BCUT2D eigenvalue weighted by atomic mass is 9.94. The fourth-order valence-electron chi connectivity index (χ4n) is 5.02. The molecule has 31 heavy (non-hydrogen) atoms. The number of esters is 1. The normalized spacial score (nSPS) is 17.9. The van der Waals surface area contributed by atoms with Crippen molar-refractivity contribution in [1.82, 2.24) is 4.57 Å². The second-order valence-corrected chi connectivity index (χ2v) is 9.18. The number of hydrogen-bond acceptors (Lipinski definition) is 2. The highest BCUT2D eigenvalue weighted by molar-refractivity contribution is 6.07. The molecule has 4 rings (SSSR count). The Bertz CT molecular complexity index is 1150. The lowest BCUT2D eigenvalue weighted by Crippen LogP contribution is -3.00. The van der Waals surface area contributed by atoms with Gasteiger partial charge in [0.1, 0.15) is 13.1 Å². The molecule has 0 spiro atoms. The predicted octanol–water partition coefficient (Wildman–Crippen LogP) is 1.99. The molecular weight excluding hydrogens is 499 g/mol. The third kappa shape index (κ3) is 4.27. The van der Waals surface area contributed by atoms with Crippen molar-refractivity contribution < 1.29 is 38.0 Å². The van der Waals surface area contributed by atoms with E-state index in [2.05, 4.69) is 55.8 Å². The molecule has 1 aliphatic heterocycles. The van der Waals surface area contributed by atoms with E-state index in [1.165, 1.54) is 27.8 Å². The van der Waals surface area contributed by atoms with Crippen LogP contribution in [0.15, 0.2) is 30.3 Å². The van der Waals surface area contributed by atoms with Gasteiger partial charge in [0.25, 0.3) is 0 Å². The van der Waals surface area contributed by atoms with Crippen LogP contribution in [0.4, 0.5) is 0 Å². The number of quaternary nitrogens is 1. The van der Waals surface area contributed by atoms with Crippen LogP contribution in [0.1, 0.15) is 50.8 Å². The Morgan fingerprint density at radius 1 is 1.13 bits per heavy atom. The Kier molecular flexibility index (Phi) is 6.87. The van der Waals surface area contributed by atoms with Gasteiger partial charge in [-0.15, -0.1) is 0 Å². The van der Waals surface area contributed by atoms with Crippen molar-refractivity contribution in [3.63, 3.8) is 0 Å². The molecule has 0 saturated carbocycles. The van der Waals surface area contributed by atoms with Gasteiger partial charge >= 0.3 is 5.97 Å². The SMILES string of the molecule is CCOC(=O)c1c(C)n(C)c2ccc(C)c(C[N+]3(C)CCc4cc(C)ccc4C3)c12.[I-]. The average Bonchev–Trinajstić information content (AvgIpc) is 2.95. The van der Waals surface area contributed by atoms with Crippen LogP contribution in [0.5, 0.6) is 0 Å². The fourth-order valence-corrected chi connectivity index (χ4v) is 5.02. The van der Waals surface area contributed by atoms with Crippen molar-refractivity contribution >= 4 is 16.9 Å². The number of hydrogen-bond donors (Lipinski definition) is 0. The van der Waals surface area contributed by atoms with Crippen LogP contribution in [-0.2, 0) is 31.3 Å². The molecule has 0 fully saturated rings. The van der Waals surface area contributed by atoms with Crippen LogP contribution in [0.2, 0.25) is 0 Å². The molecule has 0 saturated heterocycles. The first-order valence-corrected chi connectivity index (χ1v) is 10.9. The molecule has 1 atom stereocenters. The zero-order valence-corrected chi connectivity index (χ0v) is 21.7. The molecule has 0 bridgehead atoms. The molecule has 0 N–H and O–H groups in total. The predicted molar refractivity (Wildman–Crippen MR) is 122 cm³/mol. The Balaban J connectivity index is 0.00000272. The number of benzene rings is 2. The van der Waals surface area contributed by atoms with E-state index in [0.717, 1.165) is 52.7 Å². The van der Waals surface area contributed by atoms with Gasteiger partial charge < -0.3 is 37.8 Å². The molecule has 2 aromatic carbocycles. The highest BCUT2D eigenvalue weighted by Crippen LogP contribution is 2.34. The molecule has 1 aromatic heterocycles. The highest BCUT2D eigenvalue weighted by Gasteiger charge is 2.32. The van der Waals surface area contributed by atoms with Gasteiger partial charge in [0.05, 0.1) is 25.8 Å². The van der Waals surface area contributed by atoms with Gasteiger partial charge in [0, 0.05) is 41.2 Å². The summed E-state index contributed by atoms with van der Waals surface area (Å²) in [6.45, 7) is 11.6. The number of ether oxygens (including phenoxy) is 1. The summed E-state index contributed by atoms with van der Waals surface area (Å²) < 4.78 is 8.51. The van der Waals surface area contributed by atoms with Crippen molar-refractivity contribution in [3.05, 3.63) is 69.4 Å². The third-order valence-electron chi connectivity index (χ3n) is 6.86. The van der Waals surface area contributed by atoms with Gasteiger partial charge in [-0.05, 0) is 44.9 Å². The maximum absolute atomic E-state index is 12.9. The minimum atomic E-state index is -0.213. The summed E-state index contributed by atoms with van der Waals surface area (Å²) in [5, 5.41) is 1.07. The number of carbonyl (C=O) groups is 1. The molecule has 3 aromatic rings. The molecule has 1 aliphatic rings. The maximum atomic E-state index is 12.9. The number of nitrogens with zero attached hydrogens (tertiary/aromatic N) is 2. The zero-order chi connectivity index (χ0) is 21.6. The molecule has 5 heteroatoms.